The second kappa shape index (κ2) is 10.9. The highest BCUT2D eigenvalue weighted by Crippen LogP contribution is 2.33. The molecule has 0 saturated carbocycles. The molecule has 3 rings (SSSR count). The van der Waals surface area contributed by atoms with Crippen molar-refractivity contribution in [2.45, 2.75) is 12.8 Å². The zero-order valence-electron chi connectivity index (χ0n) is 19.8. The molecule has 3 aromatic carbocycles. The number of carbonyl (C=O) groups is 1. The van der Waals surface area contributed by atoms with E-state index < -0.39 is 33.5 Å². The molecular formula is C24H22F4N2O6S. The highest BCUT2D eigenvalue weighted by atomic mass is 32.2. The number of sulfonamides is 1. The molecule has 0 radical (unpaired) electrons. The summed E-state index contributed by atoms with van der Waals surface area (Å²) in [7, 11) is -0.760. The van der Waals surface area contributed by atoms with E-state index in [1.165, 1.54) is 32.4 Å². The van der Waals surface area contributed by atoms with E-state index in [4.69, 9.17) is 14.2 Å². The molecule has 0 saturated heterocycles. The van der Waals surface area contributed by atoms with Crippen LogP contribution in [0.2, 0.25) is 0 Å². The molecule has 0 atom stereocenters. The zero-order chi connectivity index (χ0) is 27.4. The first-order chi connectivity index (χ1) is 17.3. The highest BCUT2D eigenvalue weighted by molar-refractivity contribution is 7.92. The van der Waals surface area contributed by atoms with Crippen molar-refractivity contribution in [2.75, 3.05) is 30.5 Å². The standard InChI is InChI=1S/C24H22F4N2O6S/c1-34-17-6-9-21(35-2)15(10-17)13-36-22-12-16(5-8-20(22)30-37(3,32)33)29-23(31)14-4-7-18(19(25)11-14)24(26,27)28/h4-12,30H,13H2,1-3H3,(H,29,31). The Kier molecular flexibility index (Phi) is 8.16. The summed E-state index contributed by atoms with van der Waals surface area (Å²) in [6, 6.07) is 10.8. The van der Waals surface area contributed by atoms with Gasteiger partial charge in [0.1, 0.15) is 29.7 Å². The van der Waals surface area contributed by atoms with Crippen LogP contribution in [0.4, 0.5) is 28.9 Å². The predicted octanol–water partition coefficient (Wildman–Crippen LogP) is 5.06. The quantitative estimate of drug-likeness (QED) is 0.367. The van der Waals surface area contributed by atoms with Crippen molar-refractivity contribution in [3.05, 3.63) is 77.1 Å². The molecule has 0 aliphatic heterocycles. The summed E-state index contributed by atoms with van der Waals surface area (Å²) in [6.07, 6.45) is -3.96. The van der Waals surface area contributed by atoms with Gasteiger partial charge in [-0.25, -0.2) is 12.8 Å². The van der Waals surface area contributed by atoms with E-state index in [0.29, 0.717) is 29.2 Å². The maximum Gasteiger partial charge on any atom is 0.419 e. The van der Waals surface area contributed by atoms with Crippen LogP contribution in [0.25, 0.3) is 0 Å². The lowest BCUT2D eigenvalue weighted by Crippen LogP contribution is -2.15. The topological polar surface area (TPSA) is 103 Å². The lowest BCUT2D eigenvalue weighted by atomic mass is 10.1. The van der Waals surface area contributed by atoms with Gasteiger partial charge in [-0.15, -0.1) is 0 Å². The zero-order valence-corrected chi connectivity index (χ0v) is 20.6. The number of alkyl halides is 3. The summed E-state index contributed by atoms with van der Waals surface area (Å²) in [5.74, 6) is -1.46. The summed E-state index contributed by atoms with van der Waals surface area (Å²) in [6.45, 7) is -0.0830. The number of methoxy groups -OCH3 is 2. The predicted molar refractivity (Wildman–Crippen MR) is 128 cm³/mol. The normalized spacial score (nSPS) is 11.5. The fourth-order valence-electron chi connectivity index (χ4n) is 3.24. The van der Waals surface area contributed by atoms with Gasteiger partial charge in [0, 0.05) is 22.9 Å². The Labute approximate surface area is 210 Å². The van der Waals surface area contributed by atoms with Crippen molar-refractivity contribution in [2.24, 2.45) is 0 Å². The Hall–Kier alpha value is -4.00. The number of halogens is 4. The number of ether oxygens (including phenoxy) is 3. The van der Waals surface area contributed by atoms with E-state index in [2.05, 4.69) is 10.0 Å². The number of hydrogen-bond donors (Lipinski definition) is 2. The third-order valence-electron chi connectivity index (χ3n) is 4.94. The van der Waals surface area contributed by atoms with Crippen LogP contribution in [-0.2, 0) is 22.8 Å². The van der Waals surface area contributed by atoms with E-state index in [9.17, 15) is 30.8 Å². The molecule has 0 unspecified atom stereocenters. The van der Waals surface area contributed by atoms with Crippen LogP contribution in [0.1, 0.15) is 21.5 Å². The fourth-order valence-corrected chi connectivity index (χ4v) is 3.81. The van der Waals surface area contributed by atoms with Crippen LogP contribution < -0.4 is 24.2 Å². The summed E-state index contributed by atoms with van der Waals surface area (Å²) < 4.78 is 94.5. The lowest BCUT2D eigenvalue weighted by Gasteiger charge is -2.16. The number of benzene rings is 3. The molecule has 0 bridgehead atoms. The van der Waals surface area contributed by atoms with Gasteiger partial charge in [0.15, 0.2) is 0 Å². The average molecular weight is 543 g/mol. The first kappa shape index (κ1) is 27.6. The first-order valence-corrected chi connectivity index (χ1v) is 12.3. The van der Waals surface area contributed by atoms with Gasteiger partial charge >= 0.3 is 6.18 Å². The Morgan fingerprint density at radius 1 is 0.946 bits per heavy atom. The minimum atomic E-state index is -4.90. The Morgan fingerprint density at radius 2 is 1.68 bits per heavy atom. The number of hydrogen-bond acceptors (Lipinski definition) is 6. The van der Waals surface area contributed by atoms with Crippen LogP contribution in [0.5, 0.6) is 17.2 Å². The second-order valence-electron chi connectivity index (χ2n) is 7.70. The summed E-state index contributed by atoms with van der Waals surface area (Å²) in [4.78, 5) is 12.5. The van der Waals surface area contributed by atoms with Crippen LogP contribution in [-0.4, -0.2) is 34.8 Å². The molecule has 0 aliphatic carbocycles. The third-order valence-corrected chi connectivity index (χ3v) is 5.53. The van der Waals surface area contributed by atoms with Gasteiger partial charge in [-0.3, -0.25) is 9.52 Å². The van der Waals surface area contributed by atoms with Gasteiger partial charge < -0.3 is 19.5 Å². The molecule has 0 aliphatic rings. The van der Waals surface area contributed by atoms with Gasteiger partial charge in [0.25, 0.3) is 5.91 Å². The van der Waals surface area contributed by atoms with E-state index >= 15 is 0 Å². The number of amides is 1. The second-order valence-corrected chi connectivity index (χ2v) is 9.45. The molecule has 198 valence electrons. The van der Waals surface area contributed by atoms with Crippen molar-refractivity contribution >= 4 is 27.3 Å². The van der Waals surface area contributed by atoms with Gasteiger partial charge in [-0.05, 0) is 48.5 Å². The summed E-state index contributed by atoms with van der Waals surface area (Å²) >= 11 is 0. The molecule has 2 N–H and O–H groups in total. The molecule has 0 aromatic heterocycles. The average Bonchev–Trinajstić information content (AvgIpc) is 2.82. The van der Waals surface area contributed by atoms with Gasteiger partial charge in [0.05, 0.1) is 31.7 Å². The van der Waals surface area contributed by atoms with E-state index in [1.807, 2.05) is 0 Å². The van der Waals surface area contributed by atoms with E-state index in [-0.39, 0.29) is 29.3 Å². The molecule has 37 heavy (non-hydrogen) atoms. The van der Waals surface area contributed by atoms with Gasteiger partial charge in [0.2, 0.25) is 10.0 Å². The van der Waals surface area contributed by atoms with Crippen LogP contribution >= 0.6 is 0 Å². The fraction of sp³-hybridized carbons (Fsp3) is 0.208. The highest BCUT2D eigenvalue weighted by Gasteiger charge is 2.34. The number of carbonyl (C=O) groups excluding carboxylic acids is 1. The molecule has 8 nitrogen and oxygen atoms in total. The Balaban J connectivity index is 1.88. The lowest BCUT2D eigenvalue weighted by molar-refractivity contribution is -0.140. The smallest absolute Gasteiger partial charge is 0.419 e. The minimum absolute atomic E-state index is 0.0201. The van der Waals surface area contributed by atoms with Crippen molar-refractivity contribution in [3.63, 3.8) is 0 Å². The molecule has 1 amide bonds. The van der Waals surface area contributed by atoms with Crippen LogP contribution in [0, 0.1) is 5.82 Å². The Bertz CT molecular complexity index is 1410. The largest absolute Gasteiger partial charge is 0.497 e. The van der Waals surface area contributed by atoms with E-state index in [1.54, 1.807) is 18.2 Å². The number of rotatable bonds is 9. The van der Waals surface area contributed by atoms with Crippen molar-refractivity contribution in [1.29, 1.82) is 0 Å². The monoisotopic (exact) mass is 542 g/mol. The van der Waals surface area contributed by atoms with Crippen molar-refractivity contribution in [1.82, 2.24) is 0 Å². The maximum atomic E-state index is 13.9. The van der Waals surface area contributed by atoms with Crippen LogP contribution in [0.15, 0.2) is 54.6 Å². The summed E-state index contributed by atoms with van der Waals surface area (Å²) in [5.41, 5.74) is -1.11. The molecule has 3 aromatic rings. The number of nitrogens with one attached hydrogen (secondary N) is 2. The summed E-state index contributed by atoms with van der Waals surface area (Å²) in [5, 5.41) is 2.42. The maximum absolute atomic E-state index is 13.9. The number of anilines is 2. The van der Waals surface area contributed by atoms with E-state index in [0.717, 1.165) is 12.3 Å². The van der Waals surface area contributed by atoms with Gasteiger partial charge in [-0.2, -0.15) is 13.2 Å². The first-order valence-electron chi connectivity index (χ1n) is 10.4. The van der Waals surface area contributed by atoms with Crippen molar-refractivity contribution < 1.29 is 45.0 Å². The third kappa shape index (κ3) is 7.26. The minimum Gasteiger partial charge on any atom is -0.497 e. The molecule has 0 spiro atoms. The molecular weight excluding hydrogens is 520 g/mol. The van der Waals surface area contributed by atoms with Crippen molar-refractivity contribution in [3.8, 4) is 17.2 Å². The Morgan fingerprint density at radius 3 is 2.27 bits per heavy atom. The SMILES string of the molecule is COc1ccc(OC)c(COc2cc(NC(=O)c3ccc(C(F)(F)F)c(F)c3)ccc2NS(C)(=O)=O)c1. The molecule has 0 fully saturated rings. The molecule has 13 heteroatoms. The van der Waals surface area contributed by atoms with Crippen LogP contribution in [0.3, 0.4) is 0 Å². The van der Waals surface area contributed by atoms with Gasteiger partial charge in [-0.1, -0.05) is 0 Å². The molecule has 0 heterocycles.